The molecule has 6 heteroatoms. The predicted octanol–water partition coefficient (Wildman–Crippen LogP) is 4.11. The summed E-state index contributed by atoms with van der Waals surface area (Å²) in [6, 6.07) is 11.3. The highest BCUT2D eigenvalue weighted by Crippen LogP contribution is 2.33. The highest BCUT2D eigenvalue weighted by Gasteiger charge is 2.39. The molecule has 1 aromatic carbocycles. The Morgan fingerprint density at radius 1 is 1.17 bits per heavy atom. The Balaban J connectivity index is 2.04. The molecule has 0 atom stereocenters. The van der Waals surface area contributed by atoms with Crippen LogP contribution in [-0.2, 0) is 9.59 Å². The molecule has 1 N–H and O–H groups in total. The van der Waals surface area contributed by atoms with E-state index in [9.17, 15) is 9.59 Å². The molecule has 0 aliphatic carbocycles. The number of hydrogen-bond acceptors (Lipinski definition) is 4. The molecule has 2 aromatic rings. The van der Waals surface area contributed by atoms with E-state index in [0.717, 1.165) is 21.5 Å². The van der Waals surface area contributed by atoms with Crippen LogP contribution in [0.1, 0.15) is 18.2 Å². The van der Waals surface area contributed by atoms with Gasteiger partial charge in [0.25, 0.3) is 11.8 Å². The minimum atomic E-state index is -0.264. The Bertz CT molecular complexity index is 784. The Kier molecular flexibility index (Phi) is 4.63. The highest BCUT2D eigenvalue weighted by atomic mass is 79.9. The van der Waals surface area contributed by atoms with Gasteiger partial charge in [0.2, 0.25) is 0 Å². The zero-order valence-electron chi connectivity index (χ0n) is 12.5. The molecule has 2 amide bonds. The quantitative estimate of drug-likeness (QED) is 0.781. The van der Waals surface area contributed by atoms with E-state index in [1.807, 2.05) is 48.7 Å². The van der Waals surface area contributed by atoms with Crippen molar-refractivity contribution in [1.82, 2.24) is 4.90 Å². The second-order valence-corrected chi connectivity index (χ2v) is 6.99. The van der Waals surface area contributed by atoms with E-state index in [1.54, 1.807) is 0 Å². The highest BCUT2D eigenvalue weighted by molar-refractivity contribution is 9.10. The summed E-state index contributed by atoms with van der Waals surface area (Å²) >= 11 is 4.87. The molecule has 4 nitrogen and oxygen atoms in total. The number of amides is 2. The van der Waals surface area contributed by atoms with E-state index in [2.05, 4.69) is 21.2 Å². The Morgan fingerprint density at radius 3 is 2.65 bits per heavy atom. The lowest BCUT2D eigenvalue weighted by atomic mass is 10.2. The lowest BCUT2D eigenvalue weighted by molar-refractivity contribution is -0.136. The number of nitrogens with zero attached hydrogens (tertiary/aromatic N) is 1. The van der Waals surface area contributed by atoms with Crippen molar-refractivity contribution in [3.8, 4) is 0 Å². The Labute approximate surface area is 146 Å². The van der Waals surface area contributed by atoms with Crippen LogP contribution in [0.2, 0.25) is 0 Å². The molecule has 1 aliphatic heterocycles. The summed E-state index contributed by atoms with van der Waals surface area (Å²) in [6.07, 6.45) is 0.735. The molecule has 0 bridgehead atoms. The maximum Gasteiger partial charge on any atom is 0.278 e. The number of halogens is 1. The first-order chi connectivity index (χ1) is 11.1. The number of anilines is 1. The second kappa shape index (κ2) is 6.68. The van der Waals surface area contributed by atoms with Crippen molar-refractivity contribution < 1.29 is 9.59 Å². The summed E-state index contributed by atoms with van der Waals surface area (Å²) in [4.78, 5) is 27.5. The van der Waals surface area contributed by atoms with Gasteiger partial charge in [-0.25, -0.2) is 0 Å². The maximum atomic E-state index is 12.7. The van der Waals surface area contributed by atoms with Gasteiger partial charge >= 0.3 is 0 Å². The monoisotopic (exact) mass is 390 g/mol. The van der Waals surface area contributed by atoms with E-state index < -0.39 is 0 Å². The van der Waals surface area contributed by atoms with E-state index in [1.165, 1.54) is 16.2 Å². The van der Waals surface area contributed by atoms with Gasteiger partial charge in [0, 0.05) is 21.6 Å². The van der Waals surface area contributed by atoms with Crippen molar-refractivity contribution in [2.24, 2.45) is 0 Å². The smallest absolute Gasteiger partial charge is 0.278 e. The Hall–Kier alpha value is -1.92. The molecule has 0 spiro atoms. The average Bonchev–Trinajstić information content (AvgIpc) is 3.11. The summed E-state index contributed by atoms with van der Waals surface area (Å²) in [6.45, 7) is 2.38. The van der Waals surface area contributed by atoms with Crippen LogP contribution in [0.3, 0.4) is 0 Å². The molecule has 0 saturated carbocycles. The van der Waals surface area contributed by atoms with Gasteiger partial charge in [-0.05, 0) is 36.1 Å². The van der Waals surface area contributed by atoms with Gasteiger partial charge in [-0.15, -0.1) is 11.3 Å². The number of imide groups is 1. The predicted molar refractivity (Wildman–Crippen MR) is 96.0 cm³/mol. The van der Waals surface area contributed by atoms with Crippen molar-refractivity contribution in [1.29, 1.82) is 0 Å². The molecule has 23 heavy (non-hydrogen) atoms. The first kappa shape index (κ1) is 16.0. The van der Waals surface area contributed by atoms with Gasteiger partial charge in [0.15, 0.2) is 0 Å². The van der Waals surface area contributed by atoms with Crippen molar-refractivity contribution in [3.05, 3.63) is 56.8 Å². The largest absolute Gasteiger partial charge is 0.350 e. The van der Waals surface area contributed by atoms with Gasteiger partial charge < -0.3 is 5.32 Å². The summed E-state index contributed by atoms with van der Waals surface area (Å²) in [7, 11) is 0. The number of benzene rings is 1. The zero-order valence-corrected chi connectivity index (χ0v) is 14.9. The van der Waals surface area contributed by atoms with Crippen LogP contribution >= 0.6 is 27.3 Å². The van der Waals surface area contributed by atoms with E-state index in [-0.39, 0.29) is 11.8 Å². The van der Waals surface area contributed by atoms with Gasteiger partial charge in [0.05, 0.1) is 5.57 Å². The summed E-state index contributed by atoms with van der Waals surface area (Å²) in [5.41, 5.74) is 1.57. The third kappa shape index (κ3) is 3.09. The molecule has 2 heterocycles. The van der Waals surface area contributed by atoms with Crippen molar-refractivity contribution >= 4 is 50.3 Å². The lowest BCUT2D eigenvalue weighted by Gasteiger charge is -2.13. The third-order valence-electron chi connectivity index (χ3n) is 3.48. The van der Waals surface area contributed by atoms with E-state index in [0.29, 0.717) is 17.8 Å². The molecule has 0 saturated heterocycles. The maximum absolute atomic E-state index is 12.7. The minimum Gasteiger partial charge on any atom is -0.350 e. The van der Waals surface area contributed by atoms with Crippen LogP contribution in [0.25, 0.3) is 5.57 Å². The number of carbonyl (C=O) groups is 2. The fraction of sp³-hybridized carbons (Fsp3) is 0.176. The number of nitrogens with one attached hydrogen (secondary N) is 1. The molecule has 1 aliphatic rings. The van der Waals surface area contributed by atoms with Crippen molar-refractivity contribution in [2.45, 2.75) is 13.3 Å². The number of thiophene rings is 1. The summed E-state index contributed by atoms with van der Waals surface area (Å²) in [5.74, 6) is -0.489. The summed E-state index contributed by atoms with van der Waals surface area (Å²) in [5, 5.41) is 5.03. The minimum absolute atomic E-state index is 0.225. The third-order valence-corrected chi connectivity index (χ3v) is 4.86. The number of rotatable bonds is 5. The standard InChI is InChI=1S/C17H15BrN2O2S/c1-2-8-20-16(21)14(13-7-4-9-23-13)15(17(20)22)19-12-6-3-5-11(18)10-12/h3-7,9-10,19H,2,8H2,1H3. The van der Waals surface area contributed by atoms with Crippen LogP contribution in [0.4, 0.5) is 5.69 Å². The average molecular weight is 391 g/mol. The van der Waals surface area contributed by atoms with Crippen LogP contribution in [0.15, 0.2) is 51.9 Å². The molecule has 118 valence electrons. The van der Waals surface area contributed by atoms with Gasteiger partial charge in [-0.3, -0.25) is 14.5 Å². The molecule has 0 radical (unpaired) electrons. The molecular weight excluding hydrogens is 376 g/mol. The number of hydrogen-bond donors (Lipinski definition) is 1. The first-order valence-corrected chi connectivity index (χ1v) is 8.96. The van der Waals surface area contributed by atoms with Crippen LogP contribution in [0.5, 0.6) is 0 Å². The van der Waals surface area contributed by atoms with Crippen molar-refractivity contribution in [2.75, 3.05) is 11.9 Å². The summed E-state index contributed by atoms with van der Waals surface area (Å²) < 4.78 is 0.906. The van der Waals surface area contributed by atoms with Gasteiger partial charge in [0.1, 0.15) is 5.70 Å². The molecular formula is C17H15BrN2O2S. The fourth-order valence-electron chi connectivity index (χ4n) is 2.48. The van der Waals surface area contributed by atoms with Gasteiger partial charge in [-0.1, -0.05) is 35.0 Å². The fourth-order valence-corrected chi connectivity index (χ4v) is 3.65. The normalized spacial score (nSPS) is 14.8. The Morgan fingerprint density at radius 2 is 2.00 bits per heavy atom. The number of carbonyl (C=O) groups excluding carboxylic acids is 2. The molecule has 0 fully saturated rings. The second-order valence-electron chi connectivity index (χ2n) is 5.12. The van der Waals surface area contributed by atoms with E-state index in [4.69, 9.17) is 0 Å². The van der Waals surface area contributed by atoms with E-state index >= 15 is 0 Å². The van der Waals surface area contributed by atoms with Crippen LogP contribution in [-0.4, -0.2) is 23.3 Å². The first-order valence-electron chi connectivity index (χ1n) is 7.28. The molecule has 3 rings (SSSR count). The molecule has 1 aromatic heterocycles. The zero-order chi connectivity index (χ0) is 16.4. The van der Waals surface area contributed by atoms with Crippen LogP contribution < -0.4 is 5.32 Å². The molecule has 0 unspecified atom stereocenters. The lowest BCUT2D eigenvalue weighted by Crippen LogP contribution is -2.33. The van der Waals surface area contributed by atoms with Crippen LogP contribution in [0, 0.1) is 0 Å². The van der Waals surface area contributed by atoms with Gasteiger partial charge in [-0.2, -0.15) is 0 Å². The SMILES string of the molecule is CCCN1C(=O)C(Nc2cccc(Br)c2)=C(c2cccs2)C1=O. The van der Waals surface area contributed by atoms with Crippen molar-refractivity contribution in [3.63, 3.8) is 0 Å². The topological polar surface area (TPSA) is 49.4 Å².